The van der Waals surface area contributed by atoms with Gasteiger partial charge in [-0.1, -0.05) is 6.92 Å². The zero-order valence-electron chi connectivity index (χ0n) is 11.2. The van der Waals surface area contributed by atoms with Crippen molar-refractivity contribution < 1.29 is 0 Å². The third-order valence-corrected chi connectivity index (χ3v) is 3.45. The van der Waals surface area contributed by atoms with E-state index >= 15 is 0 Å². The first-order valence-electron chi connectivity index (χ1n) is 6.59. The number of nitriles is 1. The summed E-state index contributed by atoms with van der Waals surface area (Å²) in [4.78, 5) is 4.54. The van der Waals surface area contributed by atoms with Gasteiger partial charge in [0.05, 0.1) is 12.3 Å². The second kappa shape index (κ2) is 5.98. The number of piperazine rings is 1. The highest BCUT2D eigenvalue weighted by Crippen LogP contribution is 2.20. The van der Waals surface area contributed by atoms with Crippen LogP contribution in [0, 0.1) is 11.3 Å². The molecule has 0 aromatic carbocycles. The Morgan fingerprint density at radius 1 is 1.39 bits per heavy atom. The molecule has 0 N–H and O–H groups in total. The minimum Gasteiger partial charge on any atom is -0.304 e. The Morgan fingerprint density at radius 3 is 2.72 bits per heavy atom. The van der Waals surface area contributed by atoms with Crippen LogP contribution in [0.4, 0.5) is 0 Å². The normalized spacial score (nSPS) is 19.6. The Balaban J connectivity index is 2.05. The van der Waals surface area contributed by atoms with Crippen molar-refractivity contribution in [1.82, 2.24) is 19.6 Å². The van der Waals surface area contributed by atoms with E-state index in [1.165, 1.54) is 0 Å². The van der Waals surface area contributed by atoms with Crippen LogP contribution in [0.15, 0.2) is 12.4 Å². The van der Waals surface area contributed by atoms with Gasteiger partial charge in [-0.15, -0.1) is 0 Å². The fraction of sp³-hybridized carbons (Fsp3) is 0.692. The quantitative estimate of drug-likeness (QED) is 0.799. The minimum absolute atomic E-state index is 0.149. The lowest BCUT2D eigenvalue weighted by Crippen LogP contribution is -2.45. The van der Waals surface area contributed by atoms with E-state index in [0.29, 0.717) is 0 Å². The van der Waals surface area contributed by atoms with Crippen LogP contribution in [0.1, 0.15) is 24.9 Å². The maximum Gasteiger partial charge on any atom is 0.126 e. The van der Waals surface area contributed by atoms with E-state index < -0.39 is 0 Å². The second-order valence-electron chi connectivity index (χ2n) is 4.91. The van der Waals surface area contributed by atoms with Crippen molar-refractivity contribution in [2.45, 2.75) is 25.9 Å². The van der Waals surface area contributed by atoms with E-state index in [0.717, 1.165) is 44.7 Å². The summed E-state index contributed by atoms with van der Waals surface area (Å²) in [5.41, 5.74) is 1.02. The smallest absolute Gasteiger partial charge is 0.126 e. The molecule has 2 heterocycles. The van der Waals surface area contributed by atoms with Gasteiger partial charge in [0.2, 0.25) is 0 Å². The van der Waals surface area contributed by atoms with E-state index in [1.807, 2.05) is 17.1 Å². The van der Waals surface area contributed by atoms with Crippen LogP contribution in [-0.4, -0.2) is 52.8 Å². The Kier molecular flexibility index (Phi) is 4.34. The predicted octanol–water partition coefficient (Wildman–Crippen LogP) is 1.11. The molecule has 0 aliphatic carbocycles. The lowest BCUT2D eigenvalue weighted by Gasteiger charge is -2.34. The first-order chi connectivity index (χ1) is 8.74. The van der Waals surface area contributed by atoms with Gasteiger partial charge < -0.3 is 4.90 Å². The molecule has 1 aromatic rings. The van der Waals surface area contributed by atoms with E-state index in [9.17, 15) is 5.26 Å². The summed E-state index contributed by atoms with van der Waals surface area (Å²) in [6.45, 7) is 7.01. The van der Waals surface area contributed by atoms with E-state index in [-0.39, 0.29) is 6.04 Å². The molecule has 0 saturated carbocycles. The lowest BCUT2D eigenvalue weighted by molar-refractivity contribution is 0.133. The summed E-state index contributed by atoms with van der Waals surface area (Å²) in [5, 5.41) is 13.7. The van der Waals surface area contributed by atoms with Crippen LogP contribution in [-0.2, 0) is 6.54 Å². The summed E-state index contributed by atoms with van der Waals surface area (Å²) < 4.78 is 1.93. The molecule has 1 saturated heterocycles. The SMILES string of the molecule is CCCn1cc(C(C#N)N2CCN(C)CC2)cn1. The van der Waals surface area contributed by atoms with Gasteiger partial charge in [0.25, 0.3) is 0 Å². The first kappa shape index (κ1) is 13.1. The molecule has 1 atom stereocenters. The molecule has 0 spiro atoms. The Morgan fingerprint density at radius 2 is 2.11 bits per heavy atom. The van der Waals surface area contributed by atoms with Crippen LogP contribution < -0.4 is 0 Å². The van der Waals surface area contributed by atoms with Gasteiger partial charge >= 0.3 is 0 Å². The van der Waals surface area contributed by atoms with Crippen molar-refractivity contribution in [2.24, 2.45) is 0 Å². The molecule has 1 unspecified atom stereocenters. The fourth-order valence-corrected chi connectivity index (χ4v) is 2.32. The van der Waals surface area contributed by atoms with Gasteiger partial charge in [0.1, 0.15) is 6.04 Å². The first-order valence-corrected chi connectivity index (χ1v) is 6.59. The van der Waals surface area contributed by atoms with Gasteiger partial charge in [-0.05, 0) is 13.5 Å². The average Bonchev–Trinajstić information content (AvgIpc) is 2.82. The highest BCUT2D eigenvalue weighted by molar-refractivity contribution is 5.18. The number of hydrogen-bond donors (Lipinski definition) is 0. The van der Waals surface area contributed by atoms with Gasteiger partial charge in [-0.25, -0.2) is 0 Å². The van der Waals surface area contributed by atoms with E-state index in [1.54, 1.807) is 0 Å². The average molecular weight is 247 g/mol. The van der Waals surface area contributed by atoms with Gasteiger partial charge in [0.15, 0.2) is 0 Å². The van der Waals surface area contributed by atoms with Crippen molar-refractivity contribution >= 4 is 0 Å². The topological polar surface area (TPSA) is 48.1 Å². The molecular formula is C13H21N5. The van der Waals surface area contributed by atoms with Gasteiger partial charge in [-0.3, -0.25) is 9.58 Å². The summed E-state index contributed by atoms with van der Waals surface area (Å²) in [6.07, 6.45) is 4.91. The third-order valence-electron chi connectivity index (χ3n) is 3.45. The van der Waals surface area contributed by atoms with Crippen molar-refractivity contribution in [2.75, 3.05) is 33.2 Å². The van der Waals surface area contributed by atoms with E-state index in [2.05, 4.69) is 34.9 Å². The number of aromatic nitrogens is 2. The Labute approximate surface area is 109 Å². The molecule has 0 bridgehead atoms. The molecule has 1 aromatic heterocycles. The molecular weight excluding hydrogens is 226 g/mol. The van der Waals surface area contributed by atoms with Crippen molar-refractivity contribution in [1.29, 1.82) is 5.26 Å². The number of rotatable bonds is 4. The van der Waals surface area contributed by atoms with Gasteiger partial charge in [0, 0.05) is 44.5 Å². The minimum atomic E-state index is -0.149. The zero-order valence-corrected chi connectivity index (χ0v) is 11.2. The largest absolute Gasteiger partial charge is 0.304 e. The maximum absolute atomic E-state index is 9.39. The number of likely N-dealkylation sites (N-methyl/N-ethyl adjacent to an activating group) is 1. The van der Waals surface area contributed by atoms with E-state index in [4.69, 9.17) is 0 Å². The predicted molar refractivity (Wildman–Crippen MR) is 69.9 cm³/mol. The molecule has 2 rings (SSSR count). The molecule has 5 nitrogen and oxygen atoms in total. The summed E-state index contributed by atoms with van der Waals surface area (Å²) in [7, 11) is 2.12. The molecule has 5 heteroatoms. The van der Waals surface area contributed by atoms with Crippen molar-refractivity contribution in [3.63, 3.8) is 0 Å². The molecule has 0 radical (unpaired) electrons. The number of hydrogen-bond acceptors (Lipinski definition) is 4. The monoisotopic (exact) mass is 247 g/mol. The second-order valence-corrected chi connectivity index (χ2v) is 4.91. The molecule has 1 fully saturated rings. The molecule has 98 valence electrons. The zero-order chi connectivity index (χ0) is 13.0. The third kappa shape index (κ3) is 2.89. The summed E-state index contributed by atoms with van der Waals surface area (Å²) in [5.74, 6) is 0. The van der Waals surface area contributed by atoms with Crippen LogP contribution in [0.5, 0.6) is 0 Å². The lowest BCUT2D eigenvalue weighted by atomic mass is 10.1. The van der Waals surface area contributed by atoms with Crippen LogP contribution in [0.25, 0.3) is 0 Å². The fourth-order valence-electron chi connectivity index (χ4n) is 2.32. The molecule has 0 amide bonds. The highest BCUT2D eigenvalue weighted by atomic mass is 15.3. The molecule has 18 heavy (non-hydrogen) atoms. The molecule has 1 aliphatic rings. The number of nitrogens with zero attached hydrogens (tertiary/aromatic N) is 5. The van der Waals surface area contributed by atoms with Crippen molar-refractivity contribution in [3.05, 3.63) is 18.0 Å². The Bertz CT molecular complexity index is 411. The van der Waals surface area contributed by atoms with Crippen LogP contribution >= 0.6 is 0 Å². The highest BCUT2D eigenvalue weighted by Gasteiger charge is 2.24. The molecule has 1 aliphatic heterocycles. The standard InChI is InChI=1S/C13H21N5/c1-3-4-18-11-12(10-15-18)13(9-14)17-7-5-16(2)6-8-17/h10-11,13H,3-8H2,1-2H3. The van der Waals surface area contributed by atoms with Crippen LogP contribution in [0.3, 0.4) is 0 Å². The van der Waals surface area contributed by atoms with Gasteiger partial charge in [-0.2, -0.15) is 10.4 Å². The van der Waals surface area contributed by atoms with Crippen molar-refractivity contribution in [3.8, 4) is 6.07 Å². The summed E-state index contributed by atoms with van der Waals surface area (Å²) >= 11 is 0. The summed E-state index contributed by atoms with van der Waals surface area (Å²) in [6, 6.07) is 2.26. The van der Waals surface area contributed by atoms with Crippen LogP contribution in [0.2, 0.25) is 0 Å². The number of aryl methyl sites for hydroxylation is 1. The Hall–Kier alpha value is -1.38. The maximum atomic E-state index is 9.39.